The molecule has 0 N–H and O–H groups in total. The summed E-state index contributed by atoms with van der Waals surface area (Å²) in [5, 5.41) is 0. The van der Waals surface area contributed by atoms with Gasteiger partial charge in [0.15, 0.2) is 0 Å². The molecule has 0 aromatic heterocycles. The largest absolute Gasteiger partial charge is 0.457 e. The fourth-order valence-electron chi connectivity index (χ4n) is 2.11. The number of hydrogen-bond donors (Lipinski definition) is 0. The topological polar surface area (TPSA) is 27.7 Å². The number of rotatable bonds is 7. The van der Waals surface area contributed by atoms with Crippen LogP contribution >= 0.6 is 0 Å². The average Bonchev–Trinajstić information content (AvgIpc) is 2.99. The minimum atomic E-state index is -0.314. The van der Waals surface area contributed by atoms with Gasteiger partial charge in [-0.05, 0) is 44.8 Å². The van der Waals surface area contributed by atoms with Gasteiger partial charge >= 0.3 is 0 Å². The molecule has 2 rings (SSSR count). The number of hydrogen-bond acceptors (Lipinski definition) is 3. The highest BCUT2D eigenvalue weighted by Crippen LogP contribution is 2.24. The lowest BCUT2D eigenvalue weighted by atomic mass is 10.3. The van der Waals surface area contributed by atoms with Gasteiger partial charge in [0.05, 0.1) is 11.5 Å². The molecular weight excluding hydrogens is 216 g/mol. The van der Waals surface area contributed by atoms with Gasteiger partial charge in [-0.1, -0.05) is 0 Å². The Morgan fingerprint density at radius 1 is 1.06 bits per heavy atom. The van der Waals surface area contributed by atoms with Crippen LogP contribution in [-0.2, 0) is 14.2 Å². The summed E-state index contributed by atoms with van der Waals surface area (Å²) in [7, 11) is 0. The Kier molecular flexibility index (Phi) is 4.92. The molecule has 2 aliphatic carbocycles. The zero-order chi connectivity index (χ0) is 11.9. The van der Waals surface area contributed by atoms with E-state index < -0.39 is 0 Å². The highest BCUT2D eigenvalue weighted by atomic mass is 16.7. The Bertz CT molecular complexity index is 268. The van der Waals surface area contributed by atoms with Crippen molar-refractivity contribution >= 4 is 0 Å². The maximum Gasteiger partial charge on any atom is 0.263 e. The smallest absolute Gasteiger partial charge is 0.263 e. The Morgan fingerprint density at radius 2 is 1.65 bits per heavy atom. The quantitative estimate of drug-likeness (QED) is 0.636. The van der Waals surface area contributed by atoms with Crippen LogP contribution in [0.4, 0.5) is 0 Å². The Hall–Kier alpha value is -0.960. The maximum atomic E-state index is 5.82. The molecule has 0 atom stereocenters. The number of allylic oxidation sites excluding steroid dienone is 4. The van der Waals surface area contributed by atoms with E-state index in [1.165, 1.54) is 12.8 Å². The molecule has 3 heteroatoms. The van der Waals surface area contributed by atoms with Crippen molar-refractivity contribution in [1.29, 1.82) is 0 Å². The van der Waals surface area contributed by atoms with Crippen LogP contribution in [0.25, 0.3) is 0 Å². The van der Waals surface area contributed by atoms with E-state index in [0.29, 0.717) is 13.2 Å². The second-order valence-corrected chi connectivity index (χ2v) is 4.37. The zero-order valence-corrected chi connectivity index (χ0v) is 10.3. The molecule has 0 saturated carbocycles. The van der Waals surface area contributed by atoms with E-state index in [0.717, 1.165) is 37.2 Å². The second kappa shape index (κ2) is 6.70. The van der Waals surface area contributed by atoms with Crippen LogP contribution < -0.4 is 0 Å². The molecule has 0 fully saturated rings. The van der Waals surface area contributed by atoms with Gasteiger partial charge in [0.2, 0.25) is 0 Å². The Morgan fingerprint density at radius 3 is 2.06 bits per heavy atom. The molecule has 0 bridgehead atoms. The molecule has 0 aromatic rings. The van der Waals surface area contributed by atoms with Gasteiger partial charge < -0.3 is 14.2 Å². The summed E-state index contributed by atoms with van der Waals surface area (Å²) in [5.74, 6) is 2.09. The van der Waals surface area contributed by atoms with Gasteiger partial charge in [-0.2, -0.15) is 0 Å². The predicted octanol–water partition coefficient (Wildman–Crippen LogP) is 3.33. The minimum Gasteiger partial charge on any atom is -0.457 e. The van der Waals surface area contributed by atoms with Crippen molar-refractivity contribution in [2.45, 2.75) is 44.8 Å². The van der Waals surface area contributed by atoms with Crippen LogP contribution in [0.3, 0.4) is 0 Å². The van der Waals surface area contributed by atoms with Crippen LogP contribution in [0.15, 0.2) is 23.7 Å². The standard InChI is InChI=1S/C14H21O3/c1-2-15-11-14(16-12-7-3-4-8-12)17-13-9-5-6-10-13/h7,9,14H,1-6,8,10-11H2. The van der Waals surface area contributed by atoms with Crippen molar-refractivity contribution in [2.24, 2.45) is 0 Å². The van der Waals surface area contributed by atoms with Crippen molar-refractivity contribution in [1.82, 2.24) is 0 Å². The summed E-state index contributed by atoms with van der Waals surface area (Å²) in [6, 6.07) is 0. The first-order valence-corrected chi connectivity index (χ1v) is 6.47. The lowest BCUT2D eigenvalue weighted by Gasteiger charge is -2.21. The van der Waals surface area contributed by atoms with Gasteiger partial charge in [-0.25, -0.2) is 0 Å². The SMILES string of the molecule is [CH2]COCC(OC1=CCCC1)OC1=CCCC1. The van der Waals surface area contributed by atoms with E-state index >= 15 is 0 Å². The van der Waals surface area contributed by atoms with Gasteiger partial charge in [-0.15, -0.1) is 0 Å². The van der Waals surface area contributed by atoms with Gasteiger partial charge in [0.1, 0.15) is 6.61 Å². The van der Waals surface area contributed by atoms with Gasteiger partial charge in [-0.3, -0.25) is 0 Å². The molecule has 0 aliphatic heterocycles. The first kappa shape index (κ1) is 12.5. The first-order chi connectivity index (χ1) is 8.38. The van der Waals surface area contributed by atoms with E-state index in [1.54, 1.807) is 0 Å². The molecule has 0 amide bonds. The normalized spacial score (nSPS) is 19.4. The van der Waals surface area contributed by atoms with Crippen molar-refractivity contribution in [3.63, 3.8) is 0 Å². The van der Waals surface area contributed by atoms with E-state index in [2.05, 4.69) is 19.1 Å². The molecule has 0 unspecified atom stereocenters. The molecule has 2 aliphatic rings. The monoisotopic (exact) mass is 237 g/mol. The van der Waals surface area contributed by atoms with Crippen molar-refractivity contribution in [2.75, 3.05) is 13.2 Å². The lowest BCUT2D eigenvalue weighted by molar-refractivity contribution is -0.126. The summed E-state index contributed by atoms with van der Waals surface area (Å²) in [4.78, 5) is 0. The van der Waals surface area contributed by atoms with E-state index in [1.807, 2.05) is 0 Å². The second-order valence-electron chi connectivity index (χ2n) is 4.37. The third-order valence-corrected chi connectivity index (χ3v) is 2.96. The molecule has 95 valence electrons. The highest BCUT2D eigenvalue weighted by molar-refractivity contribution is 5.02. The molecule has 0 heterocycles. The summed E-state index contributed by atoms with van der Waals surface area (Å²) in [6.45, 7) is 4.55. The summed E-state index contributed by atoms with van der Waals surface area (Å²) in [6.07, 6.45) is 10.6. The fourth-order valence-corrected chi connectivity index (χ4v) is 2.11. The van der Waals surface area contributed by atoms with Gasteiger partial charge in [0.25, 0.3) is 6.29 Å². The third-order valence-electron chi connectivity index (χ3n) is 2.96. The van der Waals surface area contributed by atoms with Crippen molar-refractivity contribution in [3.05, 3.63) is 30.6 Å². The summed E-state index contributed by atoms with van der Waals surface area (Å²) < 4.78 is 16.9. The summed E-state index contributed by atoms with van der Waals surface area (Å²) in [5.41, 5.74) is 0. The van der Waals surface area contributed by atoms with Crippen LogP contribution in [0.5, 0.6) is 0 Å². The van der Waals surface area contributed by atoms with Crippen molar-refractivity contribution < 1.29 is 14.2 Å². The first-order valence-electron chi connectivity index (χ1n) is 6.47. The van der Waals surface area contributed by atoms with Crippen molar-refractivity contribution in [3.8, 4) is 0 Å². The van der Waals surface area contributed by atoms with Gasteiger partial charge in [0, 0.05) is 19.4 Å². The molecular formula is C14H21O3. The van der Waals surface area contributed by atoms with Crippen LogP contribution in [0.1, 0.15) is 38.5 Å². The molecule has 0 aromatic carbocycles. The molecule has 17 heavy (non-hydrogen) atoms. The third kappa shape index (κ3) is 4.08. The average molecular weight is 237 g/mol. The Labute approximate surface area is 103 Å². The van der Waals surface area contributed by atoms with Crippen LogP contribution in [0, 0.1) is 6.92 Å². The van der Waals surface area contributed by atoms with Crippen LogP contribution in [-0.4, -0.2) is 19.5 Å². The maximum absolute atomic E-state index is 5.82. The van der Waals surface area contributed by atoms with Crippen LogP contribution in [0.2, 0.25) is 0 Å². The molecule has 0 spiro atoms. The highest BCUT2D eigenvalue weighted by Gasteiger charge is 2.18. The Balaban J connectivity index is 1.82. The van der Waals surface area contributed by atoms with E-state index in [-0.39, 0.29) is 6.29 Å². The predicted molar refractivity (Wildman–Crippen MR) is 66.0 cm³/mol. The molecule has 3 nitrogen and oxygen atoms in total. The lowest BCUT2D eigenvalue weighted by Crippen LogP contribution is -2.22. The molecule has 0 saturated heterocycles. The molecule has 1 radical (unpaired) electrons. The minimum absolute atomic E-state index is 0.314. The zero-order valence-electron chi connectivity index (χ0n) is 10.3. The fraction of sp³-hybridized carbons (Fsp3) is 0.643. The number of ether oxygens (including phenoxy) is 3. The summed E-state index contributed by atoms with van der Waals surface area (Å²) >= 11 is 0. The van der Waals surface area contributed by atoms with E-state index in [4.69, 9.17) is 14.2 Å². The van der Waals surface area contributed by atoms with E-state index in [9.17, 15) is 0 Å².